The maximum absolute atomic E-state index is 12.5. The van der Waals surface area contributed by atoms with E-state index in [1.165, 1.54) is 0 Å². The summed E-state index contributed by atoms with van der Waals surface area (Å²) < 4.78 is 10.2. The summed E-state index contributed by atoms with van der Waals surface area (Å²) in [6.45, 7) is 7.99. The van der Waals surface area contributed by atoms with Crippen molar-refractivity contribution in [1.29, 1.82) is 0 Å². The van der Waals surface area contributed by atoms with Gasteiger partial charge in [0.15, 0.2) is 5.78 Å². The lowest BCUT2D eigenvalue weighted by atomic mass is 9.97. The Bertz CT molecular complexity index is 454. The maximum atomic E-state index is 12.5. The largest absolute Gasteiger partial charge is 0.466 e. The minimum atomic E-state index is -0.155. The number of hydrogen-bond acceptors (Lipinski definition) is 7. The highest BCUT2D eigenvalue weighted by atomic mass is 16.5. The van der Waals surface area contributed by atoms with E-state index in [2.05, 4.69) is 9.80 Å². The fourth-order valence-corrected chi connectivity index (χ4v) is 3.85. The van der Waals surface area contributed by atoms with Gasteiger partial charge in [0, 0.05) is 13.1 Å². The van der Waals surface area contributed by atoms with E-state index in [4.69, 9.17) is 9.47 Å². The molecule has 0 aromatic heterocycles. The van der Waals surface area contributed by atoms with Gasteiger partial charge in [-0.25, -0.2) is 0 Å². The summed E-state index contributed by atoms with van der Waals surface area (Å²) >= 11 is 0. The van der Waals surface area contributed by atoms with Crippen LogP contribution in [0.4, 0.5) is 0 Å². The molecule has 2 aliphatic heterocycles. The summed E-state index contributed by atoms with van der Waals surface area (Å²) in [5.74, 6) is -0.422. The topological polar surface area (TPSA) is 76.2 Å². The van der Waals surface area contributed by atoms with Gasteiger partial charge >= 0.3 is 11.9 Å². The molecule has 2 atom stereocenters. The van der Waals surface area contributed by atoms with Gasteiger partial charge in [-0.3, -0.25) is 24.2 Å². The van der Waals surface area contributed by atoms with Crippen molar-refractivity contribution in [2.24, 2.45) is 11.8 Å². The summed E-state index contributed by atoms with van der Waals surface area (Å²) in [7, 11) is 0. The van der Waals surface area contributed by atoms with Gasteiger partial charge < -0.3 is 9.47 Å². The number of esters is 2. The van der Waals surface area contributed by atoms with Crippen LogP contribution in [0, 0.1) is 11.8 Å². The van der Waals surface area contributed by atoms with Crippen molar-refractivity contribution in [1.82, 2.24) is 9.80 Å². The van der Waals surface area contributed by atoms with Crippen LogP contribution in [0.1, 0.15) is 39.5 Å². The Labute approximate surface area is 156 Å². The Hall–Kier alpha value is -1.47. The van der Waals surface area contributed by atoms with Gasteiger partial charge in [-0.15, -0.1) is 0 Å². The summed E-state index contributed by atoms with van der Waals surface area (Å²) in [4.78, 5) is 40.4. The first kappa shape index (κ1) is 20.8. The number of nitrogens with zero attached hydrogens (tertiary/aromatic N) is 2. The number of carbonyl (C=O) groups is 3. The highest BCUT2D eigenvalue weighted by Crippen LogP contribution is 2.19. The monoisotopic (exact) mass is 368 g/mol. The minimum absolute atomic E-state index is 0.125. The fourth-order valence-electron chi connectivity index (χ4n) is 3.85. The zero-order valence-corrected chi connectivity index (χ0v) is 16.1. The lowest BCUT2D eigenvalue weighted by Crippen LogP contribution is -2.46. The van der Waals surface area contributed by atoms with Crippen LogP contribution in [0.5, 0.6) is 0 Å². The third-order valence-corrected chi connectivity index (χ3v) is 5.05. The Morgan fingerprint density at radius 3 is 1.62 bits per heavy atom. The molecule has 0 spiro atoms. The van der Waals surface area contributed by atoms with Gasteiger partial charge in [0.25, 0.3) is 0 Å². The van der Waals surface area contributed by atoms with Gasteiger partial charge in [-0.05, 0) is 52.6 Å². The summed E-state index contributed by atoms with van der Waals surface area (Å²) in [5.41, 5.74) is 0. The average Bonchev–Trinajstić information content (AvgIpc) is 2.62. The zero-order chi connectivity index (χ0) is 18.9. The van der Waals surface area contributed by atoms with Crippen molar-refractivity contribution in [2.75, 3.05) is 52.5 Å². The molecule has 0 aromatic rings. The SMILES string of the molecule is CCOC(=O)C1CCCN(CC(=O)CN2CCCC(C(=O)OCC)C2)C1. The van der Waals surface area contributed by atoms with Crippen LogP contribution < -0.4 is 0 Å². The molecule has 0 bridgehead atoms. The van der Waals surface area contributed by atoms with E-state index in [0.717, 1.165) is 38.8 Å². The molecule has 7 nitrogen and oxygen atoms in total. The highest BCUT2D eigenvalue weighted by Gasteiger charge is 2.30. The van der Waals surface area contributed by atoms with Crippen LogP contribution in [0.15, 0.2) is 0 Å². The molecule has 26 heavy (non-hydrogen) atoms. The average molecular weight is 368 g/mol. The van der Waals surface area contributed by atoms with Crippen LogP contribution in [-0.4, -0.2) is 80.0 Å². The van der Waals surface area contributed by atoms with Crippen molar-refractivity contribution in [2.45, 2.75) is 39.5 Å². The quantitative estimate of drug-likeness (QED) is 0.594. The lowest BCUT2D eigenvalue weighted by Gasteiger charge is -2.33. The minimum Gasteiger partial charge on any atom is -0.466 e. The predicted molar refractivity (Wildman–Crippen MR) is 96.6 cm³/mol. The Kier molecular flexibility index (Phi) is 8.51. The van der Waals surface area contributed by atoms with Crippen LogP contribution >= 0.6 is 0 Å². The number of rotatable bonds is 8. The number of hydrogen-bond donors (Lipinski definition) is 0. The van der Waals surface area contributed by atoms with Crippen LogP contribution in [0.25, 0.3) is 0 Å². The Morgan fingerprint density at radius 2 is 1.23 bits per heavy atom. The van der Waals surface area contributed by atoms with Crippen molar-refractivity contribution in [3.63, 3.8) is 0 Å². The van der Waals surface area contributed by atoms with E-state index < -0.39 is 0 Å². The third-order valence-electron chi connectivity index (χ3n) is 5.05. The number of Topliss-reactive ketones (excluding diaryl/α,β-unsaturated/α-hetero) is 1. The molecular formula is C19H32N2O5. The molecule has 2 saturated heterocycles. The molecule has 2 fully saturated rings. The molecule has 0 saturated carbocycles. The van der Waals surface area contributed by atoms with Crippen molar-refractivity contribution < 1.29 is 23.9 Å². The Balaban J connectivity index is 1.77. The molecule has 0 N–H and O–H groups in total. The van der Waals surface area contributed by atoms with Crippen molar-refractivity contribution in [3.8, 4) is 0 Å². The first-order valence-corrected chi connectivity index (χ1v) is 9.83. The standard InChI is InChI=1S/C19H32N2O5/c1-3-25-18(23)15-7-5-9-20(11-15)13-17(22)14-21-10-6-8-16(12-21)19(24)26-4-2/h15-16H,3-14H2,1-2H3. The highest BCUT2D eigenvalue weighted by molar-refractivity contribution is 5.82. The molecule has 2 unspecified atom stereocenters. The van der Waals surface area contributed by atoms with Crippen molar-refractivity contribution >= 4 is 17.7 Å². The first-order chi connectivity index (χ1) is 12.5. The summed E-state index contributed by atoms with van der Waals surface area (Å²) in [5, 5.41) is 0. The van der Waals surface area contributed by atoms with Gasteiger partial charge in [0.05, 0.1) is 38.1 Å². The van der Waals surface area contributed by atoms with E-state index in [1.54, 1.807) is 0 Å². The second-order valence-electron chi connectivity index (χ2n) is 7.19. The normalized spacial score (nSPS) is 24.8. The molecular weight excluding hydrogens is 336 g/mol. The predicted octanol–water partition coefficient (Wildman–Crippen LogP) is 1.11. The second kappa shape index (κ2) is 10.6. The first-order valence-electron chi connectivity index (χ1n) is 9.83. The molecule has 0 aliphatic carbocycles. The lowest BCUT2D eigenvalue weighted by molar-refractivity contribution is -0.150. The third kappa shape index (κ3) is 6.36. The smallest absolute Gasteiger partial charge is 0.310 e. The second-order valence-corrected chi connectivity index (χ2v) is 7.19. The zero-order valence-electron chi connectivity index (χ0n) is 16.1. The number of carbonyl (C=O) groups excluding carboxylic acids is 3. The van der Waals surface area contributed by atoms with E-state index in [0.29, 0.717) is 39.4 Å². The number of likely N-dealkylation sites (tertiary alicyclic amines) is 2. The molecule has 148 valence electrons. The van der Waals surface area contributed by atoms with Crippen molar-refractivity contribution in [3.05, 3.63) is 0 Å². The van der Waals surface area contributed by atoms with Gasteiger partial charge in [0.1, 0.15) is 0 Å². The molecule has 0 radical (unpaired) electrons. The fraction of sp³-hybridized carbons (Fsp3) is 0.842. The molecule has 7 heteroatoms. The Morgan fingerprint density at radius 1 is 0.808 bits per heavy atom. The number of piperidine rings is 2. The van der Waals surface area contributed by atoms with E-state index in [-0.39, 0.29) is 29.6 Å². The van der Waals surface area contributed by atoms with Crippen LogP contribution in [-0.2, 0) is 23.9 Å². The van der Waals surface area contributed by atoms with Crippen LogP contribution in [0.2, 0.25) is 0 Å². The maximum Gasteiger partial charge on any atom is 0.310 e. The molecule has 2 heterocycles. The van der Waals surface area contributed by atoms with Gasteiger partial charge in [0.2, 0.25) is 0 Å². The van der Waals surface area contributed by atoms with E-state index in [1.807, 2.05) is 13.8 Å². The van der Waals surface area contributed by atoms with E-state index >= 15 is 0 Å². The molecule has 0 amide bonds. The van der Waals surface area contributed by atoms with Crippen LogP contribution in [0.3, 0.4) is 0 Å². The number of ketones is 1. The molecule has 2 aliphatic rings. The van der Waals surface area contributed by atoms with Gasteiger partial charge in [-0.2, -0.15) is 0 Å². The summed E-state index contributed by atoms with van der Waals surface area (Å²) in [6, 6.07) is 0. The molecule has 0 aromatic carbocycles. The van der Waals surface area contributed by atoms with E-state index in [9.17, 15) is 14.4 Å². The van der Waals surface area contributed by atoms with Gasteiger partial charge in [-0.1, -0.05) is 0 Å². The molecule has 2 rings (SSSR count). The summed E-state index contributed by atoms with van der Waals surface area (Å²) in [6.07, 6.45) is 3.48. The number of ether oxygens (including phenoxy) is 2.